The van der Waals surface area contributed by atoms with E-state index in [-0.39, 0.29) is 4.90 Å². The Labute approximate surface area is 154 Å². The highest BCUT2D eigenvalue weighted by Crippen LogP contribution is 2.12. The number of carboxylic acids is 1. The Morgan fingerprint density at radius 3 is 2.42 bits per heavy atom. The van der Waals surface area contributed by atoms with E-state index in [4.69, 9.17) is 5.11 Å². The molecule has 142 valence electrons. The van der Waals surface area contributed by atoms with Crippen molar-refractivity contribution in [2.24, 2.45) is 4.99 Å². The van der Waals surface area contributed by atoms with Crippen LogP contribution in [0.15, 0.2) is 45.9 Å². The van der Waals surface area contributed by atoms with Crippen molar-refractivity contribution in [1.29, 1.82) is 0 Å². The van der Waals surface area contributed by atoms with Gasteiger partial charge in [0.1, 0.15) is 0 Å². The number of allylic oxidation sites excluding steroid dienone is 1. The topological polar surface area (TPSA) is 108 Å². The molecule has 0 aliphatic carbocycles. The predicted molar refractivity (Wildman–Crippen MR) is 101 cm³/mol. The van der Waals surface area contributed by atoms with E-state index in [0.29, 0.717) is 0 Å². The molecule has 0 amide bonds. The summed E-state index contributed by atoms with van der Waals surface area (Å²) in [6, 6.07) is 6.09. The molecule has 2 heterocycles. The van der Waals surface area contributed by atoms with E-state index in [1.165, 1.54) is 30.1 Å². The Morgan fingerprint density at radius 1 is 1.15 bits per heavy atom. The van der Waals surface area contributed by atoms with Crippen LogP contribution < -0.4 is 10.6 Å². The van der Waals surface area contributed by atoms with Crippen LogP contribution in [-0.4, -0.2) is 50.7 Å². The third-order valence-corrected chi connectivity index (χ3v) is 5.57. The molecule has 0 unspecified atom stereocenters. The lowest BCUT2D eigenvalue weighted by Crippen LogP contribution is -2.19. The lowest BCUT2D eigenvalue weighted by atomic mass is 10.2. The van der Waals surface area contributed by atoms with Gasteiger partial charge in [-0.15, -0.1) is 0 Å². The molecule has 0 saturated carbocycles. The normalized spacial score (nSPS) is 15.9. The standard InChI is InChI=1S/C9H15N3.C9H10O4S/c1-2-8(10-5-1)3-4-9-11-6-7-12-9;1-7-2-4-8(5-3-7)14(12,13)6-9(10)11/h2,10H,1,3-7H2,(H,11,12);2-5H,6H2,1H3,(H,10,11). The fourth-order valence-corrected chi connectivity index (χ4v) is 3.64. The average Bonchev–Trinajstić information content (AvgIpc) is 3.26. The zero-order valence-corrected chi connectivity index (χ0v) is 15.7. The first kappa shape index (κ1) is 20.0. The van der Waals surface area contributed by atoms with Crippen molar-refractivity contribution in [1.82, 2.24) is 10.6 Å². The highest BCUT2D eigenvalue weighted by molar-refractivity contribution is 7.92. The van der Waals surface area contributed by atoms with E-state index in [1.807, 2.05) is 6.92 Å². The van der Waals surface area contributed by atoms with E-state index in [2.05, 4.69) is 21.7 Å². The molecule has 0 spiro atoms. The maximum Gasteiger partial charge on any atom is 0.319 e. The van der Waals surface area contributed by atoms with Crippen LogP contribution in [0.1, 0.15) is 24.8 Å². The number of benzene rings is 1. The molecule has 26 heavy (non-hydrogen) atoms. The molecule has 2 aliphatic heterocycles. The zero-order chi connectivity index (χ0) is 19.0. The molecular formula is C18H25N3O4S. The predicted octanol–water partition coefficient (Wildman–Crippen LogP) is 1.50. The monoisotopic (exact) mass is 379 g/mol. The van der Waals surface area contributed by atoms with Gasteiger partial charge < -0.3 is 15.7 Å². The smallest absolute Gasteiger partial charge is 0.319 e. The quantitative estimate of drug-likeness (QED) is 0.691. The Bertz CT molecular complexity index is 759. The summed E-state index contributed by atoms with van der Waals surface area (Å²) in [6.07, 6.45) is 5.66. The summed E-state index contributed by atoms with van der Waals surface area (Å²) in [5.41, 5.74) is 2.32. The average molecular weight is 379 g/mol. The lowest BCUT2D eigenvalue weighted by molar-refractivity contribution is -0.134. The Hall–Kier alpha value is -2.35. The minimum absolute atomic E-state index is 0.0468. The van der Waals surface area contributed by atoms with Gasteiger partial charge >= 0.3 is 5.97 Å². The molecule has 1 aromatic rings. The maximum absolute atomic E-state index is 11.4. The molecule has 1 aromatic carbocycles. The number of carbonyl (C=O) groups is 1. The van der Waals surface area contributed by atoms with E-state index in [9.17, 15) is 13.2 Å². The fourth-order valence-electron chi connectivity index (χ4n) is 2.60. The van der Waals surface area contributed by atoms with E-state index >= 15 is 0 Å². The van der Waals surface area contributed by atoms with Crippen molar-refractivity contribution in [3.05, 3.63) is 41.6 Å². The molecule has 8 heteroatoms. The van der Waals surface area contributed by atoms with E-state index in [0.717, 1.165) is 38.0 Å². The van der Waals surface area contributed by atoms with Crippen molar-refractivity contribution in [2.45, 2.75) is 31.1 Å². The number of sulfone groups is 1. The van der Waals surface area contributed by atoms with Crippen LogP contribution in [-0.2, 0) is 14.6 Å². The first-order valence-corrected chi connectivity index (χ1v) is 10.2. The molecule has 7 nitrogen and oxygen atoms in total. The molecule has 0 aromatic heterocycles. The SMILES string of the molecule is C1=C(CCC2=NCCN2)NCC1.Cc1ccc(S(=O)(=O)CC(=O)O)cc1. The fraction of sp³-hybridized carbons (Fsp3) is 0.444. The van der Waals surface area contributed by atoms with Crippen LogP contribution in [0.4, 0.5) is 0 Å². The molecule has 0 bridgehead atoms. The van der Waals surface area contributed by atoms with Gasteiger partial charge in [-0.1, -0.05) is 23.8 Å². The molecule has 3 N–H and O–H groups in total. The van der Waals surface area contributed by atoms with Crippen LogP contribution in [0, 0.1) is 6.92 Å². The largest absolute Gasteiger partial charge is 0.480 e. The van der Waals surface area contributed by atoms with Crippen LogP contribution in [0.25, 0.3) is 0 Å². The first-order chi connectivity index (χ1) is 12.4. The van der Waals surface area contributed by atoms with Crippen molar-refractivity contribution in [3.8, 4) is 0 Å². The van der Waals surface area contributed by atoms with Crippen molar-refractivity contribution < 1.29 is 18.3 Å². The van der Waals surface area contributed by atoms with Gasteiger partial charge in [0, 0.05) is 25.2 Å². The van der Waals surface area contributed by atoms with Gasteiger partial charge in [0.05, 0.1) is 17.3 Å². The van der Waals surface area contributed by atoms with Gasteiger partial charge in [0.2, 0.25) is 0 Å². The summed E-state index contributed by atoms with van der Waals surface area (Å²) < 4.78 is 22.7. The van der Waals surface area contributed by atoms with E-state index in [1.54, 1.807) is 12.1 Å². The molecule has 3 rings (SSSR count). The first-order valence-electron chi connectivity index (χ1n) is 8.58. The molecular weight excluding hydrogens is 354 g/mol. The molecule has 0 atom stereocenters. The number of aryl methyl sites for hydroxylation is 1. The number of aliphatic imine (C=N–C) groups is 1. The Morgan fingerprint density at radius 2 is 1.88 bits per heavy atom. The highest BCUT2D eigenvalue weighted by atomic mass is 32.2. The summed E-state index contributed by atoms with van der Waals surface area (Å²) in [7, 11) is -3.68. The number of rotatable bonds is 6. The maximum atomic E-state index is 11.4. The number of aliphatic carboxylic acids is 1. The summed E-state index contributed by atoms with van der Waals surface area (Å²) in [6.45, 7) is 4.94. The van der Waals surface area contributed by atoms with Crippen molar-refractivity contribution in [2.75, 3.05) is 25.4 Å². The van der Waals surface area contributed by atoms with Crippen LogP contribution in [0.5, 0.6) is 0 Å². The minimum Gasteiger partial charge on any atom is -0.480 e. The van der Waals surface area contributed by atoms with E-state index < -0.39 is 21.6 Å². The third-order valence-electron chi connectivity index (χ3n) is 3.96. The van der Waals surface area contributed by atoms with Crippen LogP contribution in [0.2, 0.25) is 0 Å². The third kappa shape index (κ3) is 6.51. The van der Waals surface area contributed by atoms with Gasteiger partial charge in [-0.05, 0) is 31.9 Å². The molecule has 0 saturated heterocycles. The number of hydrogen-bond donors (Lipinski definition) is 3. The number of nitrogens with zero attached hydrogens (tertiary/aromatic N) is 1. The van der Waals surface area contributed by atoms with Crippen LogP contribution >= 0.6 is 0 Å². The number of carboxylic acid groups (broad SMARTS) is 1. The molecule has 2 aliphatic rings. The second kappa shape index (κ2) is 9.38. The van der Waals surface area contributed by atoms with Crippen LogP contribution in [0.3, 0.4) is 0 Å². The van der Waals surface area contributed by atoms with Gasteiger partial charge in [-0.3, -0.25) is 9.79 Å². The molecule has 0 radical (unpaired) electrons. The van der Waals surface area contributed by atoms with Crippen molar-refractivity contribution in [3.63, 3.8) is 0 Å². The van der Waals surface area contributed by atoms with Gasteiger partial charge in [0.25, 0.3) is 0 Å². The van der Waals surface area contributed by atoms with Crippen molar-refractivity contribution >= 4 is 21.6 Å². The second-order valence-electron chi connectivity index (χ2n) is 6.17. The summed E-state index contributed by atoms with van der Waals surface area (Å²) in [4.78, 5) is 14.7. The van der Waals surface area contributed by atoms with Gasteiger partial charge in [0.15, 0.2) is 15.6 Å². The van der Waals surface area contributed by atoms with Gasteiger partial charge in [-0.25, -0.2) is 8.42 Å². The molecule has 0 fully saturated rings. The number of hydrogen-bond acceptors (Lipinski definition) is 6. The number of amidine groups is 1. The Balaban J connectivity index is 0.000000189. The Kier molecular flexibility index (Phi) is 7.20. The summed E-state index contributed by atoms with van der Waals surface area (Å²) in [5, 5.41) is 15.0. The summed E-state index contributed by atoms with van der Waals surface area (Å²) >= 11 is 0. The number of nitrogens with one attached hydrogen (secondary N) is 2. The lowest BCUT2D eigenvalue weighted by Gasteiger charge is -2.04. The highest BCUT2D eigenvalue weighted by Gasteiger charge is 2.18. The second-order valence-corrected chi connectivity index (χ2v) is 8.16. The van der Waals surface area contributed by atoms with Gasteiger partial charge in [-0.2, -0.15) is 0 Å². The zero-order valence-electron chi connectivity index (χ0n) is 14.9. The minimum atomic E-state index is -3.68. The summed E-state index contributed by atoms with van der Waals surface area (Å²) in [5.74, 6) is -1.02.